The van der Waals surface area contributed by atoms with Gasteiger partial charge in [-0.2, -0.15) is 4.52 Å². The van der Waals surface area contributed by atoms with Crippen LogP contribution in [0.5, 0.6) is 0 Å². The molecular formula is C14H21N5O. The molecule has 0 N–H and O–H groups in total. The number of hydrogen-bond acceptors (Lipinski definition) is 5. The van der Waals surface area contributed by atoms with Crippen LogP contribution in [0, 0.1) is 6.92 Å². The molecule has 20 heavy (non-hydrogen) atoms. The van der Waals surface area contributed by atoms with Gasteiger partial charge in [-0.1, -0.05) is 6.92 Å². The van der Waals surface area contributed by atoms with Crippen LogP contribution in [-0.2, 0) is 4.74 Å². The standard InChI is InChI=1S/C14H21N5O/c1-3-9-20-12-5-4-8-18(10-12)14-7-6-13-16-15-11(2)19(13)17-14/h6-7,12H,3-5,8-10H2,1-2H3/t12-/m0/s1. The molecule has 0 aromatic carbocycles. The molecule has 0 radical (unpaired) electrons. The van der Waals surface area contributed by atoms with E-state index in [0.29, 0.717) is 6.10 Å². The van der Waals surface area contributed by atoms with E-state index in [4.69, 9.17) is 4.74 Å². The third-order valence-electron chi connectivity index (χ3n) is 3.66. The third-order valence-corrected chi connectivity index (χ3v) is 3.66. The molecule has 1 saturated heterocycles. The van der Waals surface area contributed by atoms with Crippen molar-refractivity contribution in [2.75, 3.05) is 24.6 Å². The summed E-state index contributed by atoms with van der Waals surface area (Å²) in [5, 5.41) is 12.7. The van der Waals surface area contributed by atoms with Gasteiger partial charge in [-0.15, -0.1) is 15.3 Å². The van der Waals surface area contributed by atoms with Gasteiger partial charge in [0.05, 0.1) is 6.10 Å². The van der Waals surface area contributed by atoms with Gasteiger partial charge in [-0.05, 0) is 38.3 Å². The van der Waals surface area contributed by atoms with Gasteiger partial charge in [0.15, 0.2) is 11.5 Å². The second kappa shape index (κ2) is 5.75. The zero-order valence-electron chi connectivity index (χ0n) is 12.1. The van der Waals surface area contributed by atoms with Crippen LogP contribution in [0.15, 0.2) is 12.1 Å². The zero-order chi connectivity index (χ0) is 13.9. The molecule has 6 nitrogen and oxygen atoms in total. The van der Waals surface area contributed by atoms with Crippen molar-refractivity contribution in [3.8, 4) is 0 Å². The van der Waals surface area contributed by atoms with E-state index in [1.807, 2.05) is 19.1 Å². The smallest absolute Gasteiger partial charge is 0.178 e. The van der Waals surface area contributed by atoms with E-state index in [0.717, 1.165) is 56.2 Å². The number of hydrogen-bond donors (Lipinski definition) is 0. The van der Waals surface area contributed by atoms with E-state index in [9.17, 15) is 0 Å². The summed E-state index contributed by atoms with van der Waals surface area (Å²) in [7, 11) is 0. The molecule has 0 saturated carbocycles. The maximum absolute atomic E-state index is 5.88. The molecule has 0 aliphatic carbocycles. The number of ether oxygens (including phenoxy) is 1. The fraction of sp³-hybridized carbons (Fsp3) is 0.643. The molecule has 1 aliphatic heterocycles. The SMILES string of the molecule is CCCO[C@H]1CCCN(c2ccc3nnc(C)n3n2)C1. The molecule has 3 heterocycles. The molecule has 1 atom stereocenters. The van der Waals surface area contributed by atoms with Crippen molar-refractivity contribution in [1.82, 2.24) is 19.8 Å². The van der Waals surface area contributed by atoms with Gasteiger partial charge >= 0.3 is 0 Å². The minimum Gasteiger partial charge on any atom is -0.376 e. The summed E-state index contributed by atoms with van der Waals surface area (Å²) >= 11 is 0. The number of piperidine rings is 1. The van der Waals surface area contributed by atoms with E-state index in [-0.39, 0.29) is 0 Å². The van der Waals surface area contributed by atoms with Crippen molar-refractivity contribution in [2.45, 2.75) is 39.2 Å². The zero-order valence-corrected chi connectivity index (χ0v) is 12.1. The Morgan fingerprint density at radius 1 is 1.35 bits per heavy atom. The highest BCUT2D eigenvalue weighted by Crippen LogP contribution is 2.20. The molecule has 3 rings (SSSR count). The van der Waals surface area contributed by atoms with Gasteiger partial charge in [-0.25, -0.2) is 0 Å². The Bertz CT molecular complexity index is 582. The van der Waals surface area contributed by atoms with E-state index in [1.54, 1.807) is 4.52 Å². The number of aryl methyl sites for hydroxylation is 1. The summed E-state index contributed by atoms with van der Waals surface area (Å²) in [5.41, 5.74) is 0.794. The number of fused-ring (bicyclic) bond motifs is 1. The molecule has 1 aliphatic rings. The second-order valence-electron chi connectivity index (χ2n) is 5.29. The average molecular weight is 275 g/mol. The first-order chi connectivity index (χ1) is 9.78. The molecule has 0 unspecified atom stereocenters. The molecular weight excluding hydrogens is 254 g/mol. The average Bonchev–Trinajstić information content (AvgIpc) is 2.86. The Hall–Kier alpha value is -1.69. The van der Waals surface area contributed by atoms with Crippen LogP contribution in [-0.4, -0.2) is 45.6 Å². The van der Waals surface area contributed by atoms with E-state index in [1.165, 1.54) is 0 Å². The maximum Gasteiger partial charge on any atom is 0.178 e. The number of rotatable bonds is 4. The molecule has 0 bridgehead atoms. The first kappa shape index (κ1) is 13.3. The summed E-state index contributed by atoms with van der Waals surface area (Å²) in [5.74, 6) is 1.79. The predicted octanol–water partition coefficient (Wildman–Crippen LogP) is 1.83. The summed E-state index contributed by atoms with van der Waals surface area (Å²) < 4.78 is 7.68. The summed E-state index contributed by atoms with van der Waals surface area (Å²) in [6.07, 6.45) is 3.68. The molecule has 2 aromatic rings. The first-order valence-corrected chi connectivity index (χ1v) is 7.33. The minimum atomic E-state index is 0.322. The Labute approximate surface area is 118 Å². The molecule has 1 fully saturated rings. The highest BCUT2D eigenvalue weighted by Gasteiger charge is 2.21. The normalized spacial score (nSPS) is 19.7. The van der Waals surface area contributed by atoms with Crippen LogP contribution in [0.3, 0.4) is 0 Å². The molecule has 6 heteroatoms. The van der Waals surface area contributed by atoms with Gasteiger partial charge in [0.1, 0.15) is 5.82 Å². The lowest BCUT2D eigenvalue weighted by atomic mass is 10.1. The largest absolute Gasteiger partial charge is 0.376 e. The van der Waals surface area contributed by atoms with Gasteiger partial charge in [0, 0.05) is 19.7 Å². The summed E-state index contributed by atoms with van der Waals surface area (Å²) in [4.78, 5) is 2.29. The number of aromatic nitrogens is 4. The lowest BCUT2D eigenvalue weighted by Gasteiger charge is -2.33. The predicted molar refractivity (Wildman–Crippen MR) is 77.0 cm³/mol. The van der Waals surface area contributed by atoms with Gasteiger partial charge in [-0.3, -0.25) is 0 Å². The highest BCUT2D eigenvalue weighted by atomic mass is 16.5. The monoisotopic (exact) mass is 275 g/mol. The van der Waals surface area contributed by atoms with Crippen molar-refractivity contribution >= 4 is 11.5 Å². The third kappa shape index (κ3) is 2.60. The molecule has 2 aromatic heterocycles. The van der Waals surface area contributed by atoms with Gasteiger partial charge in [0.25, 0.3) is 0 Å². The molecule has 0 spiro atoms. The van der Waals surface area contributed by atoms with E-state index in [2.05, 4.69) is 27.1 Å². The summed E-state index contributed by atoms with van der Waals surface area (Å²) in [6.45, 7) is 6.85. The van der Waals surface area contributed by atoms with E-state index >= 15 is 0 Å². The van der Waals surface area contributed by atoms with Gasteiger partial charge in [0.2, 0.25) is 0 Å². The quantitative estimate of drug-likeness (QED) is 0.852. The fourth-order valence-electron chi connectivity index (χ4n) is 2.62. The van der Waals surface area contributed by atoms with Crippen LogP contribution < -0.4 is 4.90 Å². The molecule has 0 amide bonds. The Morgan fingerprint density at radius 2 is 2.25 bits per heavy atom. The fourth-order valence-corrected chi connectivity index (χ4v) is 2.62. The number of nitrogens with zero attached hydrogens (tertiary/aromatic N) is 5. The number of anilines is 1. The van der Waals surface area contributed by atoms with E-state index < -0.39 is 0 Å². The van der Waals surface area contributed by atoms with Crippen molar-refractivity contribution in [3.63, 3.8) is 0 Å². The second-order valence-corrected chi connectivity index (χ2v) is 5.29. The van der Waals surface area contributed by atoms with Crippen molar-refractivity contribution in [3.05, 3.63) is 18.0 Å². The van der Waals surface area contributed by atoms with Crippen LogP contribution >= 0.6 is 0 Å². The lowest BCUT2D eigenvalue weighted by molar-refractivity contribution is 0.0439. The van der Waals surface area contributed by atoms with Crippen LogP contribution in [0.1, 0.15) is 32.0 Å². The van der Waals surface area contributed by atoms with Crippen LogP contribution in [0.4, 0.5) is 5.82 Å². The lowest BCUT2D eigenvalue weighted by Crippen LogP contribution is -2.40. The highest BCUT2D eigenvalue weighted by molar-refractivity contribution is 5.46. The van der Waals surface area contributed by atoms with Crippen molar-refractivity contribution in [2.24, 2.45) is 0 Å². The topological polar surface area (TPSA) is 55.5 Å². The van der Waals surface area contributed by atoms with Gasteiger partial charge < -0.3 is 9.64 Å². The van der Waals surface area contributed by atoms with Crippen LogP contribution in [0.25, 0.3) is 5.65 Å². The Balaban J connectivity index is 1.77. The molecule has 108 valence electrons. The minimum absolute atomic E-state index is 0.322. The Morgan fingerprint density at radius 3 is 3.10 bits per heavy atom. The van der Waals surface area contributed by atoms with Crippen LogP contribution in [0.2, 0.25) is 0 Å². The Kier molecular flexibility index (Phi) is 3.82. The van der Waals surface area contributed by atoms with Crippen molar-refractivity contribution < 1.29 is 4.74 Å². The van der Waals surface area contributed by atoms with Crippen molar-refractivity contribution in [1.29, 1.82) is 0 Å². The summed E-state index contributed by atoms with van der Waals surface area (Å²) in [6, 6.07) is 3.99. The maximum atomic E-state index is 5.88. The first-order valence-electron chi connectivity index (χ1n) is 7.33.